The lowest BCUT2D eigenvalue weighted by molar-refractivity contribution is 0.583. The van der Waals surface area contributed by atoms with E-state index in [1.165, 1.54) is 99.1 Å². The van der Waals surface area contributed by atoms with E-state index in [0.29, 0.717) is 0 Å². The SMILES string of the molecule is C=c1c(C(C)(C)C)c(-c2ccccc2C)c(C2=CC=CC2)c2c1=c1c(Cc3ccc(Cl)cc3)c(C(C)(C)C)c(-c3ccccc3C)c(Cc3ccc(Cl)cc3)c1=C2. The van der Waals surface area contributed by atoms with Gasteiger partial charge in [0.05, 0.1) is 0 Å². The summed E-state index contributed by atoms with van der Waals surface area (Å²) >= 11 is 13.0. The van der Waals surface area contributed by atoms with Crippen molar-refractivity contribution in [2.24, 2.45) is 0 Å². The summed E-state index contributed by atoms with van der Waals surface area (Å²) in [5, 5.41) is 6.52. The van der Waals surface area contributed by atoms with Crippen molar-refractivity contribution in [3.05, 3.63) is 202 Å². The fraction of sp³-hybridized carbons (Fsp3) is 0.236. The first-order valence-corrected chi connectivity index (χ1v) is 21.0. The number of hydrogen-bond acceptors (Lipinski definition) is 0. The van der Waals surface area contributed by atoms with E-state index in [9.17, 15) is 0 Å². The summed E-state index contributed by atoms with van der Waals surface area (Å²) < 4.78 is 0. The van der Waals surface area contributed by atoms with Crippen molar-refractivity contribution in [3.63, 3.8) is 0 Å². The van der Waals surface area contributed by atoms with Gasteiger partial charge in [-0.25, -0.2) is 0 Å². The first-order valence-electron chi connectivity index (χ1n) is 20.2. The Morgan fingerprint density at radius 2 is 1.09 bits per heavy atom. The number of benzene rings is 6. The minimum atomic E-state index is -0.206. The summed E-state index contributed by atoms with van der Waals surface area (Å²) in [5.41, 5.74) is 19.2. The molecule has 0 bridgehead atoms. The van der Waals surface area contributed by atoms with Gasteiger partial charge in [0, 0.05) is 10.0 Å². The number of aryl methyl sites for hydroxylation is 2. The lowest BCUT2D eigenvalue weighted by Gasteiger charge is -2.31. The maximum Gasteiger partial charge on any atom is 0.0406 e. The third-order valence-electron chi connectivity index (χ3n) is 11.9. The zero-order chi connectivity index (χ0) is 40.4. The summed E-state index contributed by atoms with van der Waals surface area (Å²) in [6.45, 7) is 23.9. The molecule has 8 rings (SSSR count). The molecule has 0 fully saturated rings. The van der Waals surface area contributed by atoms with Gasteiger partial charge in [0.25, 0.3) is 0 Å². The van der Waals surface area contributed by atoms with Crippen molar-refractivity contribution < 1.29 is 0 Å². The summed E-state index contributed by atoms with van der Waals surface area (Å²) in [7, 11) is 0. The minimum absolute atomic E-state index is 0.190. The minimum Gasteiger partial charge on any atom is -0.0908 e. The van der Waals surface area contributed by atoms with Crippen LogP contribution in [-0.4, -0.2) is 0 Å². The fourth-order valence-electron chi connectivity index (χ4n) is 9.59. The van der Waals surface area contributed by atoms with Crippen LogP contribution in [-0.2, 0) is 23.7 Å². The molecule has 6 aromatic carbocycles. The average Bonchev–Trinajstić information content (AvgIpc) is 3.83. The van der Waals surface area contributed by atoms with E-state index >= 15 is 0 Å². The molecule has 0 saturated carbocycles. The zero-order valence-electron chi connectivity index (χ0n) is 34.6. The van der Waals surface area contributed by atoms with Crippen molar-refractivity contribution in [2.75, 3.05) is 0 Å². The average molecular weight is 784 g/mol. The monoisotopic (exact) mass is 782 g/mol. The standard InChI is InChI=1S/C55H52Cl2/c1-33-16-10-14-20-41(33)50-43(30-36-22-26-39(56)27-23-36)44-32-45-47(49(44)46(53(50)55(7,8)9)31-37-24-28-40(57)29-25-37)35(3)52(54(4,5)6)51(42-21-15-11-17-34(42)2)48(45)38-18-12-13-19-38/h10-18,20-29,32H,3,19,30-31H2,1-2,4-9H3. The summed E-state index contributed by atoms with van der Waals surface area (Å²) in [4.78, 5) is 0. The van der Waals surface area contributed by atoms with Gasteiger partial charge >= 0.3 is 0 Å². The predicted molar refractivity (Wildman–Crippen MR) is 247 cm³/mol. The van der Waals surface area contributed by atoms with Crippen LogP contribution in [0.3, 0.4) is 0 Å². The van der Waals surface area contributed by atoms with Crippen LogP contribution in [0.5, 0.6) is 0 Å². The topological polar surface area (TPSA) is 0 Å². The van der Waals surface area contributed by atoms with Gasteiger partial charge in [-0.3, -0.25) is 0 Å². The molecule has 2 aliphatic carbocycles. The van der Waals surface area contributed by atoms with Crippen LogP contribution in [0.25, 0.3) is 40.5 Å². The second-order valence-electron chi connectivity index (χ2n) is 18.1. The molecule has 0 aliphatic heterocycles. The first kappa shape index (κ1) is 39.0. The number of rotatable bonds is 7. The predicted octanol–water partition coefficient (Wildman–Crippen LogP) is 13.9. The molecule has 0 N–H and O–H groups in total. The Balaban J connectivity index is 1.68. The Kier molecular flexibility index (Phi) is 10.1. The highest BCUT2D eigenvalue weighted by Gasteiger charge is 2.33. The number of halogens is 2. The Morgan fingerprint density at radius 1 is 0.579 bits per heavy atom. The van der Waals surface area contributed by atoms with Crippen LogP contribution in [0.2, 0.25) is 10.0 Å². The van der Waals surface area contributed by atoms with Gasteiger partial charge in [-0.2, -0.15) is 0 Å². The van der Waals surface area contributed by atoms with E-state index in [1.807, 2.05) is 24.3 Å². The van der Waals surface area contributed by atoms with Crippen LogP contribution < -0.4 is 10.4 Å². The highest BCUT2D eigenvalue weighted by atomic mass is 35.5. The normalized spacial score (nSPS) is 13.4. The third-order valence-corrected chi connectivity index (χ3v) is 12.4. The van der Waals surface area contributed by atoms with Gasteiger partial charge in [0.1, 0.15) is 0 Å². The second-order valence-corrected chi connectivity index (χ2v) is 19.0. The smallest absolute Gasteiger partial charge is 0.0406 e. The molecular formula is C55H52Cl2. The Bertz CT molecular complexity index is 2850. The van der Waals surface area contributed by atoms with Gasteiger partial charge in [-0.1, -0.05) is 162 Å². The summed E-state index contributed by atoms with van der Waals surface area (Å²) in [6.07, 6.45) is 11.8. The molecule has 2 aliphatic rings. The van der Waals surface area contributed by atoms with Crippen LogP contribution in [0.4, 0.5) is 0 Å². The largest absolute Gasteiger partial charge is 0.0908 e. The maximum atomic E-state index is 6.51. The number of fused-ring (bicyclic) bond motifs is 2. The van der Waals surface area contributed by atoms with Gasteiger partial charge < -0.3 is 0 Å². The molecule has 0 nitrogen and oxygen atoms in total. The van der Waals surface area contributed by atoms with Gasteiger partial charge in [0.2, 0.25) is 0 Å². The highest BCUT2D eigenvalue weighted by molar-refractivity contribution is 6.30. The molecule has 6 aromatic rings. The van der Waals surface area contributed by atoms with Crippen LogP contribution in [0.1, 0.15) is 104 Å². The second kappa shape index (κ2) is 14.8. The number of allylic oxidation sites excluding steroid dienone is 4. The Hall–Kier alpha value is -4.88. The van der Waals surface area contributed by atoms with Crippen LogP contribution >= 0.6 is 23.2 Å². The van der Waals surface area contributed by atoms with Crippen molar-refractivity contribution in [3.8, 4) is 22.3 Å². The van der Waals surface area contributed by atoms with Gasteiger partial charge in [-0.05, 0) is 179 Å². The molecule has 286 valence electrons. The molecule has 0 radical (unpaired) electrons. The quantitative estimate of drug-likeness (QED) is 0.151. The number of hydrogen-bond donors (Lipinski definition) is 0. The maximum absolute atomic E-state index is 6.51. The summed E-state index contributed by atoms with van der Waals surface area (Å²) in [6, 6.07) is 34.7. The van der Waals surface area contributed by atoms with E-state index in [2.05, 4.69) is 152 Å². The molecule has 2 heteroatoms. The Morgan fingerprint density at radius 3 is 1.58 bits per heavy atom. The molecule has 0 saturated heterocycles. The molecular weight excluding hydrogens is 732 g/mol. The van der Waals surface area contributed by atoms with Crippen LogP contribution in [0, 0.1) is 24.3 Å². The molecule has 0 atom stereocenters. The highest BCUT2D eigenvalue weighted by Crippen LogP contribution is 2.45. The Labute approximate surface area is 349 Å². The summed E-state index contributed by atoms with van der Waals surface area (Å²) in [5.74, 6) is 0. The van der Waals surface area contributed by atoms with E-state index < -0.39 is 0 Å². The van der Waals surface area contributed by atoms with E-state index in [4.69, 9.17) is 29.8 Å². The fourth-order valence-corrected chi connectivity index (χ4v) is 9.84. The molecule has 57 heavy (non-hydrogen) atoms. The van der Waals surface area contributed by atoms with E-state index in [-0.39, 0.29) is 10.8 Å². The van der Waals surface area contributed by atoms with E-state index in [1.54, 1.807) is 0 Å². The van der Waals surface area contributed by atoms with E-state index in [0.717, 1.165) is 34.5 Å². The first-order chi connectivity index (χ1) is 27.1. The molecule has 0 spiro atoms. The lowest BCUT2D eigenvalue weighted by atomic mass is 9.73. The van der Waals surface area contributed by atoms with Crippen molar-refractivity contribution in [1.82, 2.24) is 0 Å². The van der Waals surface area contributed by atoms with Crippen molar-refractivity contribution in [2.45, 2.75) is 85.5 Å². The van der Waals surface area contributed by atoms with Gasteiger partial charge in [-0.15, -0.1) is 0 Å². The van der Waals surface area contributed by atoms with Crippen LogP contribution in [0.15, 0.2) is 115 Å². The molecule has 0 unspecified atom stereocenters. The zero-order valence-corrected chi connectivity index (χ0v) is 36.1. The lowest BCUT2D eigenvalue weighted by Crippen LogP contribution is -2.28. The third kappa shape index (κ3) is 7.07. The van der Waals surface area contributed by atoms with Crippen molar-refractivity contribution in [1.29, 1.82) is 0 Å². The van der Waals surface area contributed by atoms with Crippen molar-refractivity contribution >= 4 is 41.4 Å². The molecule has 0 heterocycles. The molecule has 0 aromatic heterocycles. The van der Waals surface area contributed by atoms with Gasteiger partial charge in [0.15, 0.2) is 0 Å². The molecule has 0 amide bonds.